The lowest BCUT2D eigenvalue weighted by Gasteiger charge is -2.32. The highest BCUT2D eigenvalue weighted by atomic mass is 16.5. The van der Waals surface area contributed by atoms with Gasteiger partial charge in [-0.15, -0.1) is 0 Å². The van der Waals surface area contributed by atoms with Gasteiger partial charge in [-0.1, -0.05) is 36.9 Å². The van der Waals surface area contributed by atoms with Gasteiger partial charge in [0.15, 0.2) is 0 Å². The number of carbonyl (C=O) groups excluding carboxylic acids is 2. The maximum atomic E-state index is 13.1. The van der Waals surface area contributed by atoms with Crippen molar-refractivity contribution < 1.29 is 14.3 Å². The zero-order chi connectivity index (χ0) is 25.4. The van der Waals surface area contributed by atoms with Crippen LogP contribution in [0.1, 0.15) is 65.6 Å². The van der Waals surface area contributed by atoms with Gasteiger partial charge in [0.05, 0.1) is 6.54 Å². The monoisotopic (exact) mass is 499 g/mol. The molecule has 4 aliphatic rings. The Hall–Kier alpha value is -3.12. The van der Waals surface area contributed by atoms with Crippen molar-refractivity contribution in [2.45, 2.75) is 64.1 Å². The highest BCUT2D eigenvalue weighted by Gasteiger charge is 2.39. The Labute approximate surface area is 219 Å². The summed E-state index contributed by atoms with van der Waals surface area (Å²) >= 11 is 0. The molecule has 0 spiro atoms. The van der Waals surface area contributed by atoms with E-state index in [-0.39, 0.29) is 11.8 Å². The largest absolute Gasteiger partial charge is 0.489 e. The first-order chi connectivity index (χ1) is 18.0. The number of carbonyl (C=O) groups is 2. The van der Waals surface area contributed by atoms with Gasteiger partial charge in [-0.05, 0) is 93.1 Å². The van der Waals surface area contributed by atoms with Gasteiger partial charge < -0.3 is 19.9 Å². The molecule has 3 aliphatic heterocycles. The summed E-state index contributed by atoms with van der Waals surface area (Å²) in [6.45, 7) is 8.53. The molecule has 2 amide bonds. The maximum absolute atomic E-state index is 13.1. The van der Waals surface area contributed by atoms with Crippen molar-refractivity contribution in [1.82, 2.24) is 15.1 Å². The highest BCUT2D eigenvalue weighted by molar-refractivity contribution is 6.02. The van der Waals surface area contributed by atoms with Crippen LogP contribution in [-0.4, -0.2) is 47.3 Å². The predicted molar refractivity (Wildman–Crippen MR) is 143 cm³/mol. The lowest BCUT2D eigenvalue weighted by Crippen LogP contribution is -2.49. The van der Waals surface area contributed by atoms with Gasteiger partial charge in [0.2, 0.25) is 5.91 Å². The van der Waals surface area contributed by atoms with Crippen LogP contribution in [0.25, 0.3) is 0 Å². The molecule has 1 atom stereocenters. The lowest BCUT2D eigenvalue weighted by molar-refractivity contribution is -0.126. The fourth-order valence-electron chi connectivity index (χ4n) is 6.08. The summed E-state index contributed by atoms with van der Waals surface area (Å²) in [6.07, 6.45) is 7.95. The van der Waals surface area contributed by atoms with E-state index in [1.165, 1.54) is 50.9 Å². The zero-order valence-corrected chi connectivity index (χ0v) is 21.6. The molecule has 2 aromatic rings. The highest BCUT2D eigenvalue weighted by Crippen LogP contribution is 2.35. The van der Waals surface area contributed by atoms with Gasteiger partial charge in [0, 0.05) is 23.4 Å². The normalized spacial score (nSPS) is 22.8. The molecule has 37 heavy (non-hydrogen) atoms. The number of likely N-dealkylation sites (tertiary alicyclic amines) is 1. The molecule has 1 N–H and O–H groups in total. The summed E-state index contributed by atoms with van der Waals surface area (Å²) in [5.74, 6) is 2.24. The third kappa shape index (κ3) is 5.45. The number of piperidine rings is 2. The Kier molecular flexibility index (Phi) is 6.76. The number of rotatable bonds is 8. The first-order valence-corrected chi connectivity index (χ1v) is 13.9. The number of benzene rings is 2. The third-order valence-electron chi connectivity index (χ3n) is 8.51. The van der Waals surface area contributed by atoms with Gasteiger partial charge >= 0.3 is 0 Å². The summed E-state index contributed by atoms with van der Waals surface area (Å²) in [6, 6.07) is 14.0. The number of hydrogen-bond acceptors (Lipinski definition) is 4. The number of hydrogen-bond donors (Lipinski definition) is 1. The molecule has 0 bridgehead atoms. The number of allylic oxidation sites excluding steroid dienone is 1. The van der Waals surface area contributed by atoms with Crippen molar-refractivity contribution in [3.63, 3.8) is 0 Å². The zero-order valence-electron chi connectivity index (χ0n) is 21.6. The second-order valence-electron chi connectivity index (χ2n) is 11.4. The van der Waals surface area contributed by atoms with E-state index in [2.05, 4.69) is 41.1 Å². The molecular weight excluding hydrogens is 462 g/mol. The number of amides is 2. The first kappa shape index (κ1) is 24.2. The van der Waals surface area contributed by atoms with E-state index < -0.39 is 6.04 Å². The van der Waals surface area contributed by atoms with Gasteiger partial charge in [-0.3, -0.25) is 9.59 Å². The van der Waals surface area contributed by atoms with Gasteiger partial charge in [0.1, 0.15) is 18.4 Å². The van der Waals surface area contributed by atoms with Crippen LogP contribution < -0.4 is 10.1 Å². The Balaban J connectivity index is 1.03. The van der Waals surface area contributed by atoms with Crippen LogP contribution >= 0.6 is 0 Å². The molecule has 194 valence electrons. The number of fused-ring (bicyclic) bond motifs is 1. The predicted octanol–water partition coefficient (Wildman–Crippen LogP) is 4.68. The Morgan fingerprint density at radius 1 is 0.919 bits per heavy atom. The van der Waals surface area contributed by atoms with Crippen LogP contribution in [0.15, 0.2) is 54.7 Å². The van der Waals surface area contributed by atoms with Crippen molar-refractivity contribution in [2.75, 3.05) is 19.6 Å². The average molecular weight is 500 g/mol. The van der Waals surface area contributed by atoms with E-state index >= 15 is 0 Å². The summed E-state index contributed by atoms with van der Waals surface area (Å²) in [5.41, 5.74) is 4.74. The second-order valence-corrected chi connectivity index (χ2v) is 11.4. The van der Waals surface area contributed by atoms with Gasteiger partial charge in [-0.25, -0.2) is 0 Å². The first-order valence-electron chi connectivity index (χ1n) is 13.9. The summed E-state index contributed by atoms with van der Waals surface area (Å²) < 4.78 is 6.20. The molecule has 2 saturated heterocycles. The molecule has 3 heterocycles. The summed E-state index contributed by atoms with van der Waals surface area (Å²) in [5, 5.41) is 2.80. The molecule has 0 radical (unpaired) electrons. The molecule has 6 rings (SSSR count). The molecule has 6 heteroatoms. The van der Waals surface area contributed by atoms with E-state index in [0.29, 0.717) is 31.6 Å². The Morgan fingerprint density at radius 3 is 2.41 bits per heavy atom. The van der Waals surface area contributed by atoms with E-state index in [9.17, 15) is 9.59 Å². The average Bonchev–Trinajstić information content (AvgIpc) is 3.66. The molecule has 3 fully saturated rings. The minimum absolute atomic E-state index is 0.101. The molecule has 0 aromatic heterocycles. The van der Waals surface area contributed by atoms with Crippen molar-refractivity contribution in [3.8, 4) is 5.75 Å². The second kappa shape index (κ2) is 10.3. The molecule has 1 saturated carbocycles. The number of nitrogens with zero attached hydrogens (tertiary/aromatic N) is 2. The van der Waals surface area contributed by atoms with E-state index in [1.807, 2.05) is 18.2 Å². The standard InChI is InChI=1S/C31H37N3O3/c1-21-5-12-28(30(35)32-21)34-19-27-26(31(34)36)3-2-4-29(27)37-20-25-10-6-22(7-11-25)17-23-13-15-33(16-14-23)18-24-8-9-24/h2-4,6-7,10-11,23-24,28H,1,5,8-9,12-20H2,(H,32,35). The number of nitrogens with one attached hydrogen (secondary N) is 1. The third-order valence-corrected chi connectivity index (χ3v) is 8.51. The lowest BCUT2D eigenvalue weighted by atomic mass is 9.90. The quantitative estimate of drug-likeness (QED) is 0.573. The smallest absolute Gasteiger partial charge is 0.255 e. The number of ether oxygens (including phenoxy) is 1. The molecule has 1 unspecified atom stereocenters. The molecule has 2 aromatic carbocycles. The van der Waals surface area contributed by atoms with Crippen LogP contribution in [-0.2, 0) is 24.4 Å². The SMILES string of the molecule is C=C1CCC(N2Cc3c(OCc4ccc(CC5CCN(CC6CC6)CC5)cc4)cccc3C2=O)C(=O)N1. The van der Waals surface area contributed by atoms with Crippen LogP contribution in [0, 0.1) is 11.8 Å². The van der Waals surface area contributed by atoms with Gasteiger partial charge in [-0.2, -0.15) is 0 Å². The van der Waals surface area contributed by atoms with E-state index in [4.69, 9.17) is 4.74 Å². The molecule has 1 aliphatic carbocycles. The van der Waals surface area contributed by atoms with E-state index in [1.54, 1.807) is 4.90 Å². The summed E-state index contributed by atoms with van der Waals surface area (Å²) in [4.78, 5) is 29.9. The fraction of sp³-hybridized carbons (Fsp3) is 0.484. The minimum Gasteiger partial charge on any atom is -0.489 e. The van der Waals surface area contributed by atoms with Crippen molar-refractivity contribution in [1.29, 1.82) is 0 Å². The van der Waals surface area contributed by atoms with Crippen LogP contribution in [0.2, 0.25) is 0 Å². The Bertz CT molecular complexity index is 1180. The van der Waals surface area contributed by atoms with E-state index in [0.717, 1.165) is 40.8 Å². The van der Waals surface area contributed by atoms with Crippen LogP contribution in [0.3, 0.4) is 0 Å². The maximum Gasteiger partial charge on any atom is 0.255 e. The molecule has 6 nitrogen and oxygen atoms in total. The van der Waals surface area contributed by atoms with Crippen LogP contribution in [0.4, 0.5) is 0 Å². The van der Waals surface area contributed by atoms with Crippen LogP contribution in [0.5, 0.6) is 5.75 Å². The summed E-state index contributed by atoms with van der Waals surface area (Å²) in [7, 11) is 0. The van der Waals surface area contributed by atoms with Gasteiger partial charge in [0.25, 0.3) is 5.91 Å². The van der Waals surface area contributed by atoms with Crippen molar-refractivity contribution >= 4 is 11.8 Å². The fourth-order valence-corrected chi connectivity index (χ4v) is 6.08. The molecular formula is C31H37N3O3. The Morgan fingerprint density at radius 2 is 1.68 bits per heavy atom. The van der Waals surface area contributed by atoms with Crippen molar-refractivity contribution in [2.24, 2.45) is 11.8 Å². The topological polar surface area (TPSA) is 61.9 Å². The van der Waals surface area contributed by atoms with Crippen molar-refractivity contribution in [3.05, 3.63) is 77.0 Å². The minimum atomic E-state index is -0.462.